The Morgan fingerprint density at radius 1 is 1.23 bits per heavy atom. The molecule has 0 fully saturated rings. The number of ether oxygens (including phenoxy) is 2. The van der Waals surface area contributed by atoms with E-state index in [1.165, 1.54) is 17.6 Å². The molecule has 0 amide bonds. The number of nitrogens with one attached hydrogen (secondary N) is 1. The smallest absolute Gasteiger partial charge is 0.271 e. The quantitative estimate of drug-likeness (QED) is 0.564. The molecule has 0 saturated carbocycles. The van der Waals surface area contributed by atoms with Crippen LogP contribution in [-0.4, -0.2) is 44.2 Å². The van der Waals surface area contributed by atoms with E-state index < -0.39 is 10.0 Å². The van der Waals surface area contributed by atoms with Gasteiger partial charge in [0.1, 0.15) is 6.73 Å². The zero-order chi connectivity index (χ0) is 22.5. The molecular formula is C21H34N4O4S. The van der Waals surface area contributed by atoms with Gasteiger partial charge < -0.3 is 14.8 Å². The first-order valence-corrected chi connectivity index (χ1v) is 11.6. The van der Waals surface area contributed by atoms with Crippen molar-refractivity contribution in [3.63, 3.8) is 0 Å². The second kappa shape index (κ2) is 9.70. The van der Waals surface area contributed by atoms with Crippen LogP contribution in [0, 0.1) is 6.92 Å². The van der Waals surface area contributed by atoms with Crippen LogP contribution in [0.15, 0.2) is 29.3 Å². The number of aryl methyl sites for hydroxylation is 2. The van der Waals surface area contributed by atoms with Crippen molar-refractivity contribution in [1.82, 2.24) is 9.78 Å². The minimum Gasteiger partial charge on any atom is -0.479 e. The highest BCUT2D eigenvalue weighted by Gasteiger charge is 2.31. The van der Waals surface area contributed by atoms with Gasteiger partial charge in [0.15, 0.2) is 4.90 Å². The summed E-state index contributed by atoms with van der Waals surface area (Å²) < 4.78 is 41.1. The average molecular weight is 439 g/mol. The summed E-state index contributed by atoms with van der Waals surface area (Å²) in [6, 6.07) is 5.65. The maximum atomic E-state index is 13.6. The number of benzene rings is 1. The molecule has 1 aromatic carbocycles. The highest BCUT2D eigenvalue weighted by Crippen LogP contribution is 2.33. The molecule has 9 heteroatoms. The molecule has 2 aromatic rings. The molecule has 0 radical (unpaired) electrons. The van der Waals surface area contributed by atoms with Crippen LogP contribution in [0.4, 0.5) is 11.4 Å². The molecule has 0 unspecified atom stereocenters. The third kappa shape index (κ3) is 5.66. The van der Waals surface area contributed by atoms with Crippen LogP contribution in [0.1, 0.15) is 46.6 Å². The standard InChI is InChI=1S/C21H34N4O4S/c1-8-12-25(30(26,27)19-14-24(9-2)23-20(19)28-7)18-13-17(11-10-16(18)3)22-15-29-21(4,5)6/h10-11,13-14,22H,8-9,12,15H2,1-7H3. The number of aromatic nitrogens is 2. The molecule has 8 nitrogen and oxygen atoms in total. The molecule has 0 aliphatic heterocycles. The molecule has 1 aromatic heterocycles. The van der Waals surface area contributed by atoms with Gasteiger partial charge in [0.05, 0.1) is 18.4 Å². The second-order valence-electron chi connectivity index (χ2n) is 8.01. The van der Waals surface area contributed by atoms with Gasteiger partial charge in [-0.1, -0.05) is 13.0 Å². The zero-order valence-electron chi connectivity index (χ0n) is 19.0. The van der Waals surface area contributed by atoms with Crippen molar-refractivity contribution in [3.8, 4) is 5.88 Å². The van der Waals surface area contributed by atoms with Crippen molar-refractivity contribution >= 4 is 21.4 Å². The SMILES string of the molecule is CCCN(c1cc(NCOC(C)(C)C)ccc1C)S(=O)(=O)c1cn(CC)nc1OC. The van der Waals surface area contributed by atoms with Gasteiger partial charge in [0, 0.05) is 25.0 Å². The van der Waals surface area contributed by atoms with Gasteiger partial charge in [-0.3, -0.25) is 8.99 Å². The van der Waals surface area contributed by atoms with Crippen LogP contribution < -0.4 is 14.4 Å². The Hall–Kier alpha value is -2.26. The molecule has 30 heavy (non-hydrogen) atoms. The maximum absolute atomic E-state index is 13.6. The van der Waals surface area contributed by atoms with Crippen LogP contribution in [0.5, 0.6) is 5.88 Å². The summed E-state index contributed by atoms with van der Waals surface area (Å²) in [5.74, 6) is 0.100. The van der Waals surface area contributed by atoms with Crippen molar-refractivity contribution in [1.29, 1.82) is 0 Å². The van der Waals surface area contributed by atoms with Crippen LogP contribution in [0.2, 0.25) is 0 Å². The number of hydrogen-bond donors (Lipinski definition) is 1. The predicted molar refractivity (Wildman–Crippen MR) is 120 cm³/mol. The van der Waals surface area contributed by atoms with Gasteiger partial charge in [0.2, 0.25) is 0 Å². The molecule has 0 bridgehead atoms. The summed E-state index contributed by atoms with van der Waals surface area (Å²) >= 11 is 0. The first-order valence-electron chi connectivity index (χ1n) is 10.2. The van der Waals surface area contributed by atoms with Crippen LogP contribution >= 0.6 is 0 Å². The summed E-state index contributed by atoms with van der Waals surface area (Å²) in [5, 5.41) is 7.42. The Kier molecular flexibility index (Phi) is 7.76. The van der Waals surface area contributed by atoms with Crippen LogP contribution in [0.3, 0.4) is 0 Å². The molecule has 0 aliphatic carbocycles. The number of hydrogen-bond acceptors (Lipinski definition) is 6. The Balaban J connectivity index is 2.44. The maximum Gasteiger partial charge on any atom is 0.271 e. The molecule has 0 saturated heterocycles. The second-order valence-corrected chi connectivity index (χ2v) is 9.85. The average Bonchev–Trinajstić information content (AvgIpc) is 3.11. The zero-order valence-corrected chi connectivity index (χ0v) is 19.8. The Morgan fingerprint density at radius 3 is 2.50 bits per heavy atom. The molecule has 0 aliphatic rings. The number of nitrogens with zero attached hydrogens (tertiary/aromatic N) is 3. The summed E-state index contributed by atoms with van der Waals surface area (Å²) in [5.41, 5.74) is 1.99. The van der Waals surface area contributed by atoms with E-state index in [1.54, 1.807) is 4.68 Å². The predicted octanol–water partition coefficient (Wildman–Crippen LogP) is 4.01. The first kappa shape index (κ1) is 24.0. The van der Waals surface area contributed by atoms with E-state index in [-0.39, 0.29) is 16.4 Å². The van der Waals surface area contributed by atoms with Crippen molar-refractivity contribution in [2.24, 2.45) is 0 Å². The minimum absolute atomic E-state index is 0.0640. The summed E-state index contributed by atoms with van der Waals surface area (Å²) in [7, 11) is -2.44. The molecule has 0 spiro atoms. The molecule has 0 atom stereocenters. The Morgan fingerprint density at radius 2 is 1.93 bits per heavy atom. The van der Waals surface area contributed by atoms with E-state index in [0.29, 0.717) is 31.9 Å². The third-order valence-corrected chi connectivity index (χ3v) is 6.26. The largest absolute Gasteiger partial charge is 0.479 e. The third-order valence-electron chi connectivity index (χ3n) is 4.47. The lowest BCUT2D eigenvalue weighted by Crippen LogP contribution is -2.32. The normalized spacial score (nSPS) is 12.1. The van der Waals surface area contributed by atoms with Crippen LogP contribution in [0.25, 0.3) is 0 Å². The minimum atomic E-state index is -3.87. The lowest BCUT2D eigenvalue weighted by atomic mass is 10.1. The topological polar surface area (TPSA) is 85.7 Å². The molecule has 1 heterocycles. The van der Waals surface area contributed by atoms with E-state index in [0.717, 1.165) is 11.3 Å². The number of rotatable bonds is 10. The fourth-order valence-corrected chi connectivity index (χ4v) is 4.60. The van der Waals surface area contributed by atoms with Gasteiger partial charge in [0.25, 0.3) is 15.9 Å². The highest BCUT2D eigenvalue weighted by atomic mass is 32.2. The van der Waals surface area contributed by atoms with Gasteiger partial charge in [-0.2, -0.15) is 0 Å². The lowest BCUT2D eigenvalue weighted by molar-refractivity contribution is 0.00846. The van der Waals surface area contributed by atoms with Crippen molar-refractivity contribution in [3.05, 3.63) is 30.0 Å². The molecular weight excluding hydrogens is 404 g/mol. The first-order chi connectivity index (χ1) is 14.0. The highest BCUT2D eigenvalue weighted by molar-refractivity contribution is 7.93. The number of anilines is 2. The van der Waals surface area contributed by atoms with Gasteiger partial charge >= 0.3 is 0 Å². The molecule has 2 rings (SSSR count). The van der Waals surface area contributed by atoms with E-state index in [9.17, 15) is 8.42 Å². The number of sulfonamides is 1. The van der Waals surface area contributed by atoms with Crippen molar-refractivity contribution in [2.45, 2.75) is 65.0 Å². The summed E-state index contributed by atoms with van der Waals surface area (Å²) in [6.45, 7) is 12.9. The molecule has 168 valence electrons. The Labute approximate surface area is 180 Å². The van der Waals surface area contributed by atoms with E-state index in [2.05, 4.69) is 10.4 Å². The fraction of sp³-hybridized carbons (Fsp3) is 0.571. The fourth-order valence-electron chi connectivity index (χ4n) is 2.88. The van der Waals surface area contributed by atoms with E-state index >= 15 is 0 Å². The Bertz CT molecular complexity index is 948. The van der Waals surface area contributed by atoms with Crippen molar-refractivity contribution < 1.29 is 17.9 Å². The van der Waals surface area contributed by atoms with Gasteiger partial charge in [-0.05, 0) is 58.7 Å². The van der Waals surface area contributed by atoms with Crippen LogP contribution in [-0.2, 0) is 21.3 Å². The van der Waals surface area contributed by atoms with Gasteiger partial charge in [-0.25, -0.2) is 8.42 Å². The monoisotopic (exact) mass is 438 g/mol. The summed E-state index contributed by atoms with van der Waals surface area (Å²) in [4.78, 5) is 0.0640. The van der Waals surface area contributed by atoms with E-state index in [1.807, 2.05) is 59.7 Å². The lowest BCUT2D eigenvalue weighted by Gasteiger charge is -2.26. The summed E-state index contributed by atoms with van der Waals surface area (Å²) in [6.07, 6.45) is 2.18. The van der Waals surface area contributed by atoms with Crippen molar-refractivity contribution in [2.75, 3.05) is 30.0 Å². The number of methoxy groups -OCH3 is 1. The van der Waals surface area contributed by atoms with Gasteiger partial charge in [-0.15, -0.1) is 5.10 Å². The molecule has 1 N–H and O–H groups in total. The van der Waals surface area contributed by atoms with E-state index in [4.69, 9.17) is 9.47 Å².